The van der Waals surface area contributed by atoms with Crippen LogP contribution in [0.2, 0.25) is 5.02 Å². The number of hydrogen-bond donors (Lipinski definition) is 0. The summed E-state index contributed by atoms with van der Waals surface area (Å²) in [6.07, 6.45) is -7.91. The number of nitrogens with zero attached hydrogens (tertiary/aromatic N) is 3. The van der Waals surface area contributed by atoms with Gasteiger partial charge in [0.1, 0.15) is 29.6 Å². The minimum Gasteiger partial charge on any atom is -0.341 e. The topological polar surface area (TPSA) is 72.0 Å². The number of benzene rings is 1. The van der Waals surface area contributed by atoms with Gasteiger partial charge in [-0.2, -0.15) is 13.2 Å². The van der Waals surface area contributed by atoms with Crippen molar-refractivity contribution < 1.29 is 45.1 Å². The molecule has 35 heavy (non-hydrogen) atoms. The summed E-state index contributed by atoms with van der Waals surface area (Å²) in [6, 6.07) is 0.0837. The maximum atomic E-state index is 14.8. The van der Waals surface area contributed by atoms with Gasteiger partial charge in [0.05, 0.1) is 16.3 Å². The Morgan fingerprint density at radius 2 is 1.89 bits per heavy atom. The Hall–Kier alpha value is -2.83. The van der Waals surface area contributed by atoms with Gasteiger partial charge in [-0.1, -0.05) is 11.6 Å². The normalized spacial score (nSPS) is 25.2. The quantitative estimate of drug-likeness (QED) is 0.445. The first-order valence-electron chi connectivity index (χ1n) is 11.5. The molecule has 2 fully saturated rings. The molecule has 3 unspecified atom stereocenters. The van der Waals surface area contributed by atoms with E-state index >= 15 is 0 Å². The molecule has 0 N–H and O–H groups in total. The van der Waals surface area contributed by atoms with Crippen LogP contribution >= 0.6 is 11.6 Å². The van der Waals surface area contributed by atoms with Crippen LogP contribution in [0.25, 0.3) is 0 Å². The van der Waals surface area contributed by atoms with Crippen LogP contribution in [0.1, 0.15) is 29.2 Å². The Bertz CT molecular complexity index is 1320. The van der Waals surface area contributed by atoms with E-state index in [1.165, 1.54) is 20.8 Å². The molecule has 3 atom stereocenters. The molecule has 2 amide bonds. The van der Waals surface area contributed by atoms with E-state index in [2.05, 4.69) is 4.98 Å². The molecule has 3 heterocycles. The predicted octanol–water partition coefficient (Wildman–Crippen LogP) is 4.24. The van der Waals surface area contributed by atoms with Crippen molar-refractivity contribution in [2.75, 3.05) is 16.8 Å². The van der Waals surface area contributed by atoms with Crippen LogP contribution in [0.3, 0.4) is 0 Å². The summed E-state index contributed by atoms with van der Waals surface area (Å²) in [7, 11) is 0. The molecule has 7 nitrogen and oxygen atoms in total. The molecule has 0 spiro atoms. The number of carbonyl (C=O) groups excluding carboxylic acids is 2. The number of aromatic nitrogens is 1. The van der Waals surface area contributed by atoms with E-state index in [-0.39, 0.29) is 16.7 Å². The Labute approximate surface area is 205 Å². The molecular formula is C22H19ClF5N3O4. The number of ether oxygens (including phenoxy) is 2. The number of carbonyl (C=O) groups is 2. The van der Waals surface area contributed by atoms with E-state index in [0.29, 0.717) is 23.1 Å². The van der Waals surface area contributed by atoms with Gasteiger partial charge < -0.3 is 14.4 Å². The monoisotopic (exact) mass is 522 g/mol. The lowest BCUT2D eigenvalue weighted by atomic mass is 10.1. The van der Waals surface area contributed by atoms with E-state index in [4.69, 9.17) is 25.2 Å². The van der Waals surface area contributed by atoms with Gasteiger partial charge in [0.25, 0.3) is 11.8 Å². The maximum absolute atomic E-state index is 14.8. The summed E-state index contributed by atoms with van der Waals surface area (Å²) >= 11 is 5.71. The fraction of sp³-hybridized carbons (Fsp3) is 0.409. The van der Waals surface area contributed by atoms with Gasteiger partial charge in [-0.05, 0) is 39.0 Å². The molecule has 2 aliphatic heterocycles. The predicted molar refractivity (Wildman–Crippen MR) is 114 cm³/mol. The Morgan fingerprint density at radius 1 is 1.20 bits per heavy atom. The van der Waals surface area contributed by atoms with Gasteiger partial charge in [0, 0.05) is 22.8 Å². The molecule has 13 heteroatoms. The van der Waals surface area contributed by atoms with Crippen molar-refractivity contribution >= 4 is 34.9 Å². The minimum atomic E-state index is -4.85. The number of hydrogen-bond acceptors (Lipinski definition) is 5. The molecule has 1 aromatic carbocycles. The smallest absolute Gasteiger partial charge is 0.341 e. The van der Waals surface area contributed by atoms with Crippen LogP contribution in [0.5, 0.6) is 0 Å². The number of rotatable bonds is 3. The molecular weight excluding hydrogens is 501 g/mol. The third kappa shape index (κ3) is 4.45. The van der Waals surface area contributed by atoms with Crippen LogP contribution < -0.4 is 9.80 Å². The standard InChI is InChI=1S/C22H19ClF5N3O4/c1-9-5-10(22(26,27)28)6-15(29-9)31-16(17-18(20(31)33)35-21(2,3)34-17)19(32)30(4)14-7-11(23)12(24)8-13(14)25/h5-8,16-18H,1-4H3/i4D3. The largest absolute Gasteiger partial charge is 0.416 e. The molecule has 2 saturated heterocycles. The average molecular weight is 523 g/mol. The summed E-state index contributed by atoms with van der Waals surface area (Å²) in [6.45, 7) is 0.603. The lowest BCUT2D eigenvalue weighted by molar-refractivity contribution is -0.161. The van der Waals surface area contributed by atoms with Crippen LogP contribution in [-0.2, 0) is 25.2 Å². The number of alkyl halides is 3. The van der Waals surface area contributed by atoms with Crippen molar-refractivity contribution in [2.24, 2.45) is 0 Å². The second-order valence-electron chi connectivity index (χ2n) is 8.42. The van der Waals surface area contributed by atoms with Gasteiger partial charge in [-0.25, -0.2) is 13.8 Å². The number of likely N-dealkylation sites (N-methyl/N-ethyl adjacent to an activating group) is 1. The van der Waals surface area contributed by atoms with Crippen molar-refractivity contribution in [3.63, 3.8) is 0 Å². The SMILES string of the molecule is [2H]C([2H])([2H])N(C(=O)C1C2OC(C)(C)OC2C(=O)N1c1cc(C(F)(F)F)cc(C)n1)c1cc(Cl)c(F)cc1F. The number of pyridine rings is 1. The van der Waals surface area contributed by atoms with Gasteiger partial charge in [0.2, 0.25) is 0 Å². The summed E-state index contributed by atoms with van der Waals surface area (Å²) in [5, 5.41) is -0.711. The molecule has 4 rings (SSSR count). The number of halogens is 6. The molecule has 2 aromatic rings. The van der Waals surface area contributed by atoms with E-state index in [1.54, 1.807) is 0 Å². The zero-order valence-electron chi connectivity index (χ0n) is 21.3. The highest BCUT2D eigenvalue weighted by atomic mass is 35.5. The highest BCUT2D eigenvalue weighted by molar-refractivity contribution is 6.31. The second kappa shape index (κ2) is 8.38. The van der Waals surface area contributed by atoms with Crippen LogP contribution in [-0.4, -0.2) is 47.8 Å². The number of amides is 2. The Kier molecular flexibility index (Phi) is 5.14. The third-order valence-corrected chi connectivity index (χ3v) is 5.71. The fourth-order valence-electron chi connectivity index (χ4n) is 4.01. The summed E-state index contributed by atoms with van der Waals surface area (Å²) in [5.74, 6) is -7.30. The van der Waals surface area contributed by atoms with Crippen molar-refractivity contribution in [3.8, 4) is 0 Å². The first kappa shape index (κ1) is 21.5. The van der Waals surface area contributed by atoms with E-state index in [0.717, 1.165) is 0 Å². The first-order valence-corrected chi connectivity index (χ1v) is 10.4. The minimum absolute atomic E-state index is 0.0316. The lowest BCUT2D eigenvalue weighted by Gasteiger charge is -2.31. The molecule has 1 aromatic heterocycles. The fourth-order valence-corrected chi connectivity index (χ4v) is 4.17. The number of fused-ring (bicyclic) bond motifs is 1. The Balaban J connectivity index is 1.91. The molecule has 188 valence electrons. The summed E-state index contributed by atoms with van der Waals surface area (Å²) in [5.41, 5.74) is -2.32. The van der Waals surface area contributed by atoms with Crippen molar-refractivity contribution in [3.05, 3.63) is 52.2 Å². The highest BCUT2D eigenvalue weighted by Gasteiger charge is 2.61. The first-order chi connectivity index (χ1) is 17.3. The van der Waals surface area contributed by atoms with E-state index in [9.17, 15) is 31.5 Å². The van der Waals surface area contributed by atoms with Gasteiger partial charge >= 0.3 is 6.18 Å². The van der Waals surface area contributed by atoms with Crippen LogP contribution in [0.15, 0.2) is 24.3 Å². The molecule has 2 aliphatic rings. The third-order valence-electron chi connectivity index (χ3n) is 5.42. The lowest BCUT2D eigenvalue weighted by Crippen LogP contribution is -2.51. The van der Waals surface area contributed by atoms with Gasteiger partial charge in [-0.15, -0.1) is 0 Å². The summed E-state index contributed by atoms with van der Waals surface area (Å²) < 4.78 is 104. The van der Waals surface area contributed by atoms with Gasteiger partial charge in [0.15, 0.2) is 11.9 Å². The number of anilines is 2. The highest BCUT2D eigenvalue weighted by Crippen LogP contribution is 2.42. The van der Waals surface area contributed by atoms with Crippen molar-refractivity contribution in [1.29, 1.82) is 0 Å². The number of aryl methyl sites for hydroxylation is 1. The zero-order chi connectivity index (χ0) is 28.5. The van der Waals surface area contributed by atoms with Crippen LogP contribution in [0, 0.1) is 18.6 Å². The average Bonchev–Trinajstić information content (AvgIpc) is 3.20. The van der Waals surface area contributed by atoms with Crippen molar-refractivity contribution in [2.45, 2.75) is 51.0 Å². The zero-order valence-corrected chi connectivity index (χ0v) is 19.0. The molecule has 0 radical (unpaired) electrons. The molecule has 0 aliphatic carbocycles. The second-order valence-corrected chi connectivity index (χ2v) is 8.83. The van der Waals surface area contributed by atoms with E-state index < -0.39 is 82.7 Å². The van der Waals surface area contributed by atoms with Gasteiger partial charge in [-0.3, -0.25) is 14.5 Å². The van der Waals surface area contributed by atoms with E-state index in [1.807, 2.05) is 0 Å². The molecule has 0 bridgehead atoms. The van der Waals surface area contributed by atoms with Crippen LogP contribution in [0.4, 0.5) is 33.5 Å². The van der Waals surface area contributed by atoms with Crippen molar-refractivity contribution in [1.82, 2.24) is 4.98 Å². The maximum Gasteiger partial charge on any atom is 0.416 e. The molecule has 0 saturated carbocycles. The Morgan fingerprint density at radius 3 is 2.51 bits per heavy atom. The summed E-state index contributed by atoms with van der Waals surface area (Å²) in [4.78, 5) is 31.7.